The van der Waals surface area contributed by atoms with Crippen LogP contribution in [0.25, 0.3) is 9.75 Å². The van der Waals surface area contributed by atoms with Gasteiger partial charge in [0, 0.05) is 19.5 Å². The minimum absolute atomic E-state index is 0.916. The lowest BCUT2D eigenvalue weighted by atomic mass is 10.0. The van der Waals surface area contributed by atoms with Crippen molar-refractivity contribution < 1.29 is 0 Å². The Hall–Kier alpha value is -0.383. The lowest BCUT2D eigenvalue weighted by Crippen LogP contribution is -2.55. The Balaban J connectivity index is 1.73. The first-order chi connectivity index (χ1) is 15.6. The highest BCUT2D eigenvalue weighted by Gasteiger charge is 2.48. The summed E-state index contributed by atoms with van der Waals surface area (Å²) in [6.07, 6.45) is 18.5. The maximum Gasteiger partial charge on any atom is 0.122 e. The van der Waals surface area contributed by atoms with Crippen molar-refractivity contribution in [3.63, 3.8) is 0 Å². The summed E-state index contributed by atoms with van der Waals surface area (Å²) >= 11 is 4.18. The minimum Gasteiger partial charge on any atom is -0.140 e. The fourth-order valence-electron chi connectivity index (χ4n) is 5.99. The molecule has 0 radical (unpaired) electrons. The molecule has 0 saturated carbocycles. The molecule has 0 spiro atoms. The Kier molecular flexibility index (Phi) is 10.6. The molecule has 3 rings (SSSR count). The maximum atomic E-state index is 2.63. The van der Waals surface area contributed by atoms with Crippen LogP contribution in [0.1, 0.15) is 114 Å². The Morgan fingerprint density at radius 1 is 0.688 bits per heavy atom. The molecule has 32 heavy (non-hydrogen) atoms. The number of aryl methyl sites for hydroxylation is 2. The van der Waals surface area contributed by atoms with Crippen molar-refractivity contribution >= 4 is 41.1 Å². The van der Waals surface area contributed by atoms with Gasteiger partial charge in [-0.3, -0.25) is 0 Å². The van der Waals surface area contributed by atoms with Gasteiger partial charge in [-0.05, 0) is 54.4 Å². The molecule has 0 saturated heterocycles. The first kappa shape index (κ1) is 26.2. The van der Waals surface area contributed by atoms with E-state index in [1.165, 1.54) is 105 Å². The van der Waals surface area contributed by atoms with E-state index >= 15 is 0 Å². The minimum atomic E-state index is -1.63. The topological polar surface area (TPSA) is 0 Å². The van der Waals surface area contributed by atoms with E-state index in [0.717, 1.165) is 5.92 Å². The van der Waals surface area contributed by atoms with Gasteiger partial charge in [0.15, 0.2) is 0 Å². The second-order valence-corrected chi connectivity index (χ2v) is 17.1. The third-order valence-corrected chi connectivity index (χ3v) is 15.8. The molecule has 180 valence electrons. The monoisotopic (exact) mass is 488 g/mol. The molecule has 3 heterocycles. The third kappa shape index (κ3) is 6.19. The normalized spacial score (nSPS) is 15.2. The van der Waals surface area contributed by atoms with Gasteiger partial charge >= 0.3 is 0 Å². The molecule has 0 nitrogen and oxygen atoms in total. The van der Waals surface area contributed by atoms with Crippen LogP contribution in [0.4, 0.5) is 0 Å². The van der Waals surface area contributed by atoms with Crippen LogP contribution in [0.15, 0.2) is 12.1 Å². The molecule has 2 aromatic rings. The van der Waals surface area contributed by atoms with E-state index in [1.807, 2.05) is 10.4 Å². The number of rotatable bonds is 16. The summed E-state index contributed by atoms with van der Waals surface area (Å²) < 4.78 is 0. The molecule has 1 unspecified atom stereocenters. The average molecular weight is 489 g/mol. The van der Waals surface area contributed by atoms with Crippen molar-refractivity contribution in [2.24, 2.45) is 5.92 Å². The molecule has 3 heteroatoms. The average Bonchev–Trinajstić information content (AvgIpc) is 3.41. The fraction of sp³-hybridized carbons (Fsp3) is 0.724. The van der Waals surface area contributed by atoms with Crippen molar-refractivity contribution in [3.8, 4) is 9.75 Å². The van der Waals surface area contributed by atoms with Gasteiger partial charge in [0.2, 0.25) is 0 Å². The van der Waals surface area contributed by atoms with E-state index in [4.69, 9.17) is 0 Å². The first-order valence-corrected chi connectivity index (χ1v) is 17.8. The first-order valence-electron chi connectivity index (χ1n) is 13.8. The highest BCUT2D eigenvalue weighted by molar-refractivity contribution is 7.29. The summed E-state index contributed by atoms with van der Waals surface area (Å²) in [5.74, 6) is 0.916. The van der Waals surface area contributed by atoms with E-state index < -0.39 is 8.07 Å². The summed E-state index contributed by atoms with van der Waals surface area (Å²) in [6.45, 7) is 11.8. The molecule has 1 aliphatic heterocycles. The molecule has 0 amide bonds. The van der Waals surface area contributed by atoms with Gasteiger partial charge in [0.25, 0.3) is 0 Å². The summed E-state index contributed by atoms with van der Waals surface area (Å²) in [6, 6.07) is 8.27. The van der Waals surface area contributed by atoms with E-state index in [1.54, 1.807) is 9.75 Å². The summed E-state index contributed by atoms with van der Waals surface area (Å²) in [5.41, 5.74) is 0. The molecule has 2 aromatic heterocycles. The molecule has 0 N–H and O–H groups in total. The molecule has 0 aromatic carbocycles. The van der Waals surface area contributed by atoms with Crippen LogP contribution in [0, 0.1) is 19.8 Å². The van der Waals surface area contributed by atoms with Crippen LogP contribution in [0.3, 0.4) is 0 Å². The quantitative estimate of drug-likeness (QED) is 0.163. The Morgan fingerprint density at radius 3 is 1.69 bits per heavy atom. The van der Waals surface area contributed by atoms with Crippen molar-refractivity contribution in [3.05, 3.63) is 21.9 Å². The second-order valence-electron chi connectivity index (χ2n) is 10.5. The zero-order valence-corrected chi connectivity index (χ0v) is 24.3. The number of fused-ring (bicyclic) bond motifs is 3. The predicted octanol–water partition coefficient (Wildman–Crippen LogP) is 9.72. The van der Waals surface area contributed by atoms with E-state index in [9.17, 15) is 0 Å². The zero-order chi connectivity index (χ0) is 23.0. The molecule has 0 fully saturated rings. The molecule has 1 aliphatic rings. The van der Waals surface area contributed by atoms with Crippen LogP contribution >= 0.6 is 22.7 Å². The van der Waals surface area contributed by atoms with Crippen molar-refractivity contribution in [2.45, 2.75) is 130 Å². The second kappa shape index (κ2) is 12.9. The van der Waals surface area contributed by atoms with Crippen LogP contribution in [-0.2, 0) is 0 Å². The van der Waals surface area contributed by atoms with Gasteiger partial charge < -0.3 is 0 Å². The van der Waals surface area contributed by atoms with Crippen molar-refractivity contribution in [1.82, 2.24) is 0 Å². The highest BCUT2D eigenvalue weighted by atomic mass is 32.1. The van der Waals surface area contributed by atoms with Gasteiger partial charge in [-0.1, -0.05) is 104 Å². The molecule has 0 bridgehead atoms. The van der Waals surface area contributed by atoms with Crippen LogP contribution in [0.2, 0.25) is 12.1 Å². The largest absolute Gasteiger partial charge is 0.140 e. The van der Waals surface area contributed by atoms with Crippen LogP contribution < -0.4 is 10.4 Å². The lowest BCUT2D eigenvalue weighted by molar-refractivity contribution is 0.486. The molecular weight excluding hydrogens is 441 g/mol. The molecule has 0 aliphatic carbocycles. The number of hydrogen-bond donors (Lipinski definition) is 0. The van der Waals surface area contributed by atoms with Crippen LogP contribution in [-0.4, -0.2) is 8.07 Å². The van der Waals surface area contributed by atoms with Gasteiger partial charge in [-0.25, -0.2) is 0 Å². The van der Waals surface area contributed by atoms with Gasteiger partial charge in [-0.15, -0.1) is 22.7 Å². The standard InChI is InChI=1S/C29H48S2Si/c1-6-9-11-12-13-14-15-16-17-19-32(22-25(8-3)18-10-7-2)26-20-23(4)30-28(26)29-27(32)21-24(5)31-29/h20-21,25H,6-19,22H2,1-5H3. The Bertz CT molecular complexity index is 769. The summed E-state index contributed by atoms with van der Waals surface area (Å²) in [5, 5.41) is 3.69. The smallest absolute Gasteiger partial charge is 0.122 e. The van der Waals surface area contributed by atoms with Gasteiger partial charge in [-0.2, -0.15) is 0 Å². The molecular formula is C29H48S2Si. The van der Waals surface area contributed by atoms with Gasteiger partial charge in [0.1, 0.15) is 8.07 Å². The van der Waals surface area contributed by atoms with E-state index in [-0.39, 0.29) is 0 Å². The number of hydrogen-bond acceptors (Lipinski definition) is 2. The Labute approximate surface area is 208 Å². The third-order valence-electron chi connectivity index (χ3n) is 7.84. The van der Waals surface area contributed by atoms with Crippen molar-refractivity contribution in [2.75, 3.05) is 0 Å². The fourth-order valence-corrected chi connectivity index (χ4v) is 15.8. The molecule has 1 atom stereocenters. The summed E-state index contributed by atoms with van der Waals surface area (Å²) in [4.78, 5) is 6.45. The number of thiophene rings is 2. The van der Waals surface area contributed by atoms with E-state index in [0.29, 0.717) is 0 Å². The summed E-state index contributed by atoms with van der Waals surface area (Å²) in [7, 11) is -1.63. The Morgan fingerprint density at radius 2 is 1.19 bits per heavy atom. The maximum absolute atomic E-state index is 2.63. The lowest BCUT2D eigenvalue weighted by Gasteiger charge is -2.33. The number of unbranched alkanes of at least 4 members (excludes halogenated alkanes) is 9. The highest BCUT2D eigenvalue weighted by Crippen LogP contribution is 2.44. The van der Waals surface area contributed by atoms with Gasteiger partial charge in [0.05, 0.1) is 0 Å². The predicted molar refractivity (Wildman–Crippen MR) is 152 cm³/mol. The van der Waals surface area contributed by atoms with Crippen LogP contribution in [0.5, 0.6) is 0 Å². The van der Waals surface area contributed by atoms with Crippen molar-refractivity contribution in [1.29, 1.82) is 0 Å². The SMILES string of the molecule is CCCCCCCCCCC[Si]1(CC(CC)CCCC)c2cc(C)sc2-c2sc(C)cc21. The zero-order valence-electron chi connectivity index (χ0n) is 21.7. The van der Waals surface area contributed by atoms with E-state index in [2.05, 4.69) is 69.4 Å².